The second-order valence-corrected chi connectivity index (χ2v) is 3.08. The molecule has 1 rings (SSSR count). The zero-order valence-electron chi connectivity index (χ0n) is 8.55. The average Bonchev–Trinajstić information content (AvgIpc) is 2.21. The summed E-state index contributed by atoms with van der Waals surface area (Å²) in [4.78, 5) is 13.3. The van der Waals surface area contributed by atoms with Crippen LogP contribution in [0.3, 0.4) is 0 Å². The summed E-state index contributed by atoms with van der Waals surface area (Å²) in [6.07, 6.45) is 1.55. The monoisotopic (exact) mass is 207 g/mol. The van der Waals surface area contributed by atoms with E-state index in [9.17, 15) is 4.79 Å². The van der Waals surface area contributed by atoms with E-state index in [0.29, 0.717) is 18.8 Å². The maximum absolute atomic E-state index is 11.4. The Morgan fingerprint density at radius 3 is 3.00 bits per heavy atom. The van der Waals surface area contributed by atoms with E-state index in [0.717, 1.165) is 4.68 Å². The lowest BCUT2D eigenvalue weighted by Crippen LogP contribution is -2.28. The molecule has 0 fully saturated rings. The van der Waals surface area contributed by atoms with Gasteiger partial charge in [-0.05, 0) is 0 Å². The quantitative estimate of drug-likeness (QED) is 0.695. The van der Waals surface area contributed by atoms with Gasteiger partial charge in [0.2, 0.25) is 0 Å². The topological polar surface area (TPSA) is 87.9 Å². The first kappa shape index (κ1) is 11.2. The predicted octanol–water partition coefficient (Wildman–Crippen LogP) is -0.838. The van der Waals surface area contributed by atoms with Crippen LogP contribution in [-0.4, -0.2) is 29.9 Å². The van der Waals surface area contributed by atoms with E-state index in [4.69, 9.17) is 11.0 Å². The Labute approximate surface area is 87.5 Å². The summed E-state index contributed by atoms with van der Waals surface area (Å²) in [6.45, 7) is 1.14. The zero-order chi connectivity index (χ0) is 11.3. The molecule has 0 bridgehead atoms. The molecule has 0 atom stereocenters. The Morgan fingerprint density at radius 1 is 1.73 bits per heavy atom. The van der Waals surface area contributed by atoms with Crippen LogP contribution in [0, 0.1) is 11.3 Å². The molecule has 1 heterocycles. The summed E-state index contributed by atoms with van der Waals surface area (Å²) in [5.74, 6) is 0. The van der Waals surface area contributed by atoms with E-state index >= 15 is 0 Å². The highest BCUT2D eigenvalue weighted by Crippen LogP contribution is 2.05. The number of nitrogens with two attached hydrogens (primary N) is 1. The number of nitriles is 1. The molecular weight excluding hydrogens is 194 g/mol. The Bertz CT molecular complexity index is 419. The summed E-state index contributed by atoms with van der Waals surface area (Å²) >= 11 is 0. The first-order valence-electron chi connectivity index (χ1n) is 4.54. The van der Waals surface area contributed by atoms with Gasteiger partial charge in [0, 0.05) is 26.2 Å². The summed E-state index contributed by atoms with van der Waals surface area (Å²) in [7, 11) is 1.83. The number of rotatable bonds is 4. The molecule has 0 unspecified atom stereocenters. The Balaban J connectivity index is 2.92. The highest BCUT2D eigenvalue weighted by atomic mass is 16.1. The van der Waals surface area contributed by atoms with E-state index < -0.39 is 0 Å². The Morgan fingerprint density at radius 2 is 2.47 bits per heavy atom. The Kier molecular flexibility index (Phi) is 3.83. The van der Waals surface area contributed by atoms with Crippen LogP contribution in [0.25, 0.3) is 0 Å². The third-order valence-electron chi connectivity index (χ3n) is 1.98. The minimum absolute atomic E-state index is 0.0281. The molecule has 6 heteroatoms. The second kappa shape index (κ2) is 5.12. The van der Waals surface area contributed by atoms with Gasteiger partial charge >= 0.3 is 0 Å². The third kappa shape index (κ3) is 2.79. The van der Waals surface area contributed by atoms with Crippen molar-refractivity contribution in [3.8, 4) is 6.07 Å². The van der Waals surface area contributed by atoms with E-state index in [-0.39, 0.29) is 12.1 Å². The van der Waals surface area contributed by atoms with Gasteiger partial charge < -0.3 is 10.6 Å². The van der Waals surface area contributed by atoms with Crippen molar-refractivity contribution < 1.29 is 0 Å². The standard InChI is InChI=1S/C9H13N5O/c1-13(4-2-10)8-6-9(15)14(5-3-11)12-7-8/h6-7H,2,4-5,10H2,1H3. The molecule has 0 aliphatic heterocycles. The number of aromatic nitrogens is 2. The normalized spacial score (nSPS) is 9.67. The average molecular weight is 207 g/mol. The maximum Gasteiger partial charge on any atom is 0.269 e. The van der Waals surface area contributed by atoms with Gasteiger partial charge in [-0.15, -0.1) is 0 Å². The maximum atomic E-state index is 11.4. The van der Waals surface area contributed by atoms with E-state index in [2.05, 4.69) is 5.10 Å². The molecule has 2 N–H and O–H groups in total. The van der Waals surface area contributed by atoms with Crippen molar-refractivity contribution in [3.63, 3.8) is 0 Å². The highest BCUT2D eigenvalue weighted by Gasteiger charge is 2.03. The van der Waals surface area contributed by atoms with Gasteiger partial charge in [-0.1, -0.05) is 0 Å². The minimum Gasteiger partial charge on any atom is -0.372 e. The van der Waals surface area contributed by atoms with E-state index in [1.165, 1.54) is 6.07 Å². The smallest absolute Gasteiger partial charge is 0.269 e. The lowest BCUT2D eigenvalue weighted by atomic mass is 10.4. The molecule has 0 aliphatic rings. The van der Waals surface area contributed by atoms with Crippen LogP contribution in [-0.2, 0) is 6.54 Å². The largest absolute Gasteiger partial charge is 0.372 e. The number of hydrogen-bond acceptors (Lipinski definition) is 5. The highest BCUT2D eigenvalue weighted by molar-refractivity contribution is 5.41. The molecule has 0 spiro atoms. The van der Waals surface area contributed by atoms with Crippen molar-refractivity contribution in [1.82, 2.24) is 9.78 Å². The van der Waals surface area contributed by atoms with Gasteiger partial charge in [0.1, 0.15) is 6.54 Å². The summed E-state index contributed by atoms with van der Waals surface area (Å²) in [6, 6.07) is 3.31. The molecule has 0 saturated carbocycles. The fraction of sp³-hybridized carbons (Fsp3) is 0.444. The zero-order valence-corrected chi connectivity index (χ0v) is 8.55. The summed E-state index contributed by atoms with van der Waals surface area (Å²) < 4.78 is 1.11. The molecule has 0 saturated heterocycles. The second-order valence-electron chi connectivity index (χ2n) is 3.08. The lowest BCUT2D eigenvalue weighted by molar-refractivity contribution is 0.656. The van der Waals surface area contributed by atoms with Crippen molar-refractivity contribution in [2.24, 2.45) is 5.73 Å². The first-order chi connectivity index (χ1) is 7.19. The Hall–Kier alpha value is -1.87. The van der Waals surface area contributed by atoms with Crippen LogP contribution < -0.4 is 16.2 Å². The van der Waals surface area contributed by atoms with Gasteiger partial charge in [0.25, 0.3) is 5.56 Å². The van der Waals surface area contributed by atoms with Crippen molar-refractivity contribution >= 4 is 5.69 Å². The van der Waals surface area contributed by atoms with Gasteiger partial charge in [-0.2, -0.15) is 10.4 Å². The van der Waals surface area contributed by atoms with Crippen molar-refractivity contribution in [2.45, 2.75) is 6.54 Å². The van der Waals surface area contributed by atoms with Gasteiger partial charge in [0.15, 0.2) is 0 Å². The van der Waals surface area contributed by atoms with Crippen molar-refractivity contribution in [3.05, 3.63) is 22.6 Å². The van der Waals surface area contributed by atoms with Crippen LogP contribution in [0.2, 0.25) is 0 Å². The van der Waals surface area contributed by atoms with Crippen LogP contribution in [0.4, 0.5) is 5.69 Å². The van der Waals surface area contributed by atoms with Crippen molar-refractivity contribution in [2.75, 3.05) is 25.0 Å². The number of anilines is 1. The molecule has 0 amide bonds. The van der Waals surface area contributed by atoms with Crippen LogP contribution in [0.15, 0.2) is 17.1 Å². The molecule has 6 nitrogen and oxygen atoms in total. The summed E-state index contributed by atoms with van der Waals surface area (Å²) in [5, 5.41) is 12.3. The van der Waals surface area contributed by atoms with Gasteiger partial charge in [-0.25, -0.2) is 4.68 Å². The number of likely N-dealkylation sites (N-methyl/N-ethyl adjacent to an activating group) is 1. The molecule has 15 heavy (non-hydrogen) atoms. The van der Waals surface area contributed by atoms with Crippen molar-refractivity contribution in [1.29, 1.82) is 5.26 Å². The molecule has 0 aliphatic carbocycles. The third-order valence-corrected chi connectivity index (χ3v) is 1.98. The van der Waals surface area contributed by atoms with Gasteiger partial charge in [0.05, 0.1) is 18.0 Å². The van der Waals surface area contributed by atoms with E-state index in [1.54, 1.807) is 6.20 Å². The SMILES string of the molecule is CN(CCN)c1cnn(CC#N)c(=O)c1. The molecule has 0 aromatic carbocycles. The molecule has 0 radical (unpaired) electrons. The minimum atomic E-state index is -0.280. The van der Waals surface area contributed by atoms with Crippen LogP contribution >= 0.6 is 0 Å². The molecule has 80 valence electrons. The van der Waals surface area contributed by atoms with Crippen LogP contribution in [0.1, 0.15) is 0 Å². The van der Waals surface area contributed by atoms with E-state index in [1.807, 2.05) is 18.0 Å². The first-order valence-corrected chi connectivity index (χ1v) is 4.54. The predicted molar refractivity (Wildman–Crippen MR) is 56.4 cm³/mol. The van der Waals surface area contributed by atoms with Gasteiger partial charge in [-0.3, -0.25) is 4.79 Å². The summed E-state index contributed by atoms with van der Waals surface area (Å²) in [5.41, 5.74) is 5.82. The van der Waals surface area contributed by atoms with Crippen LogP contribution in [0.5, 0.6) is 0 Å². The number of nitrogens with zero attached hydrogens (tertiary/aromatic N) is 4. The number of hydrogen-bond donors (Lipinski definition) is 1. The molecule has 1 aromatic heterocycles. The fourth-order valence-corrected chi connectivity index (χ4v) is 1.14. The fourth-order valence-electron chi connectivity index (χ4n) is 1.14. The lowest BCUT2D eigenvalue weighted by Gasteiger charge is -2.17. The molecular formula is C9H13N5O. The molecule has 1 aromatic rings.